The van der Waals surface area contributed by atoms with Gasteiger partial charge in [0.25, 0.3) is 0 Å². The summed E-state index contributed by atoms with van der Waals surface area (Å²) in [5.41, 5.74) is 3.13. The van der Waals surface area contributed by atoms with Gasteiger partial charge in [0.05, 0.1) is 22.5 Å². The minimum absolute atomic E-state index is 0.0377. The summed E-state index contributed by atoms with van der Waals surface area (Å²) in [6, 6.07) is 5.22. The first-order valence-electron chi connectivity index (χ1n) is 5.07. The van der Waals surface area contributed by atoms with Crippen LogP contribution in [0.5, 0.6) is 0 Å². The van der Waals surface area contributed by atoms with Crippen molar-refractivity contribution in [2.75, 3.05) is 0 Å². The molecule has 0 saturated heterocycles. The van der Waals surface area contributed by atoms with Crippen LogP contribution in [0.4, 0.5) is 0 Å². The lowest BCUT2D eigenvalue weighted by Gasteiger charge is -2.01. The largest absolute Gasteiger partial charge is 0.334 e. The van der Waals surface area contributed by atoms with E-state index in [1.807, 2.05) is 0 Å². The molecule has 0 aromatic carbocycles. The van der Waals surface area contributed by atoms with E-state index < -0.39 is 0 Å². The minimum atomic E-state index is -0.0377. The van der Waals surface area contributed by atoms with E-state index >= 15 is 0 Å². The van der Waals surface area contributed by atoms with Gasteiger partial charge in [-0.1, -0.05) is 0 Å². The number of carbonyl (C=O) groups is 1. The minimum Gasteiger partial charge on any atom is -0.334 e. The van der Waals surface area contributed by atoms with Gasteiger partial charge in [-0.25, -0.2) is 0 Å². The number of H-pyrrole nitrogens is 1. The molecule has 0 amide bonds. The van der Waals surface area contributed by atoms with Crippen LogP contribution in [-0.4, -0.2) is 31.2 Å². The Morgan fingerprint density at radius 1 is 1.18 bits per heavy atom. The van der Waals surface area contributed by atoms with Gasteiger partial charge in [-0.05, 0) is 23.4 Å². The molecule has 6 heteroatoms. The first kappa shape index (κ1) is 8.51. The van der Waals surface area contributed by atoms with Crippen LogP contribution in [0.25, 0.3) is 22.9 Å². The smallest absolute Gasteiger partial charge is 0.197 e. The first-order chi connectivity index (χ1) is 8.34. The van der Waals surface area contributed by atoms with Crippen molar-refractivity contribution in [1.82, 2.24) is 25.4 Å². The van der Waals surface area contributed by atoms with Crippen LogP contribution in [0.1, 0.15) is 15.9 Å². The molecule has 1 N–H and O–H groups in total. The lowest BCUT2D eigenvalue weighted by Crippen LogP contribution is -1.97. The molecule has 1 aromatic heterocycles. The zero-order valence-corrected chi connectivity index (χ0v) is 8.51. The Bertz CT molecular complexity index is 732. The van der Waals surface area contributed by atoms with E-state index in [-0.39, 0.29) is 5.78 Å². The molecule has 0 unspecified atom stereocenters. The Morgan fingerprint density at radius 3 is 3.06 bits per heavy atom. The second-order valence-corrected chi connectivity index (χ2v) is 3.81. The fraction of sp³-hybridized carbons (Fsp3) is 0. The highest BCUT2D eigenvalue weighted by Crippen LogP contribution is 2.35. The van der Waals surface area contributed by atoms with Gasteiger partial charge in [0, 0.05) is 6.20 Å². The molecule has 0 bridgehead atoms. The third-order valence-corrected chi connectivity index (χ3v) is 2.87. The van der Waals surface area contributed by atoms with Gasteiger partial charge in [0.2, 0.25) is 0 Å². The Kier molecular flexibility index (Phi) is 1.37. The van der Waals surface area contributed by atoms with Gasteiger partial charge >= 0.3 is 0 Å². The molecule has 3 aliphatic rings. The molecule has 80 valence electrons. The number of hydrogen-bond donors (Lipinski definition) is 1. The summed E-state index contributed by atoms with van der Waals surface area (Å²) in [5, 5.41) is 11.2. The number of carbonyl (C=O) groups excluding carboxylic acids is 1. The van der Waals surface area contributed by atoms with Crippen molar-refractivity contribution in [2.24, 2.45) is 0 Å². The molecule has 1 aromatic rings. The number of rotatable bonds is 0. The van der Waals surface area contributed by atoms with Crippen LogP contribution in [0, 0.1) is 0 Å². The summed E-state index contributed by atoms with van der Waals surface area (Å²) in [4.78, 5) is 19.4. The number of aromatic nitrogens is 5. The van der Waals surface area contributed by atoms with Gasteiger partial charge in [-0.15, -0.1) is 10.2 Å². The lowest BCUT2D eigenvalue weighted by molar-refractivity contribution is 0.104. The van der Waals surface area contributed by atoms with Crippen molar-refractivity contribution in [1.29, 1.82) is 0 Å². The maximum absolute atomic E-state index is 12.1. The van der Waals surface area contributed by atoms with Crippen molar-refractivity contribution in [3.63, 3.8) is 0 Å². The number of ketones is 1. The first-order valence-corrected chi connectivity index (χ1v) is 5.07. The lowest BCUT2D eigenvalue weighted by atomic mass is 10.1. The monoisotopic (exact) mass is 223 g/mol. The normalized spacial score (nSPS) is 12.8. The third kappa shape index (κ3) is 0.963. The topological polar surface area (TPSA) is 84.4 Å². The number of pyridine rings is 2. The molecule has 1 aliphatic carbocycles. The average molecular weight is 223 g/mol. The summed E-state index contributed by atoms with van der Waals surface area (Å²) < 4.78 is 0. The Balaban J connectivity index is 2.14. The van der Waals surface area contributed by atoms with Gasteiger partial charge in [0.1, 0.15) is 5.69 Å². The Hall–Kier alpha value is -2.63. The second kappa shape index (κ2) is 2.73. The molecular weight excluding hydrogens is 218 g/mol. The maximum atomic E-state index is 12.1. The summed E-state index contributed by atoms with van der Waals surface area (Å²) in [5.74, 6) is 0.527. The third-order valence-electron chi connectivity index (χ3n) is 2.87. The van der Waals surface area contributed by atoms with Crippen molar-refractivity contribution in [3.05, 3.63) is 35.5 Å². The molecular formula is C11H5N5O. The molecule has 0 saturated carbocycles. The quantitative estimate of drug-likeness (QED) is 0.479. The zero-order chi connectivity index (χ0) is 11.4. The summed E-state index contributed by atoms with van der Waals surface area (Å²) in [7, 11) is 0. The SMILES string of the molecule is O=C1c2cccnc2-c2[nH]c3nnnc-3cc21. The molecule has 2 aliphatic heterocycles. The molecule has 0 radical (unpaired) electrons. The highest BCUT2D eigenvalue weighted by molar-refractivity contribution is 6.20. The molecule has 0 fully saturated rings. The van der Waals surface area contributed by atoms with Gasteiger partial charge < -0.3 is 4.98 Å². The molecule has 3 heterocycles. The van der Waals surface area contributed by atoms with E-state index in [1.165, 1.54) is 0 Å². The van der Waals surface area contributed by atoms with E-state index in [2.05, 4.69) is 25.4 Å². The van der Waals surface area contributed by atoms with E-state index in [0.717, 1.165) is 0 Å². The van der Waals surface area contributed by atoms with Crippen LogP contribution in [-0.2, 0) is 0 Å². The van der Waals surface area contributed by atoms with Crippen LogP contribution < -0.4 is 0 Å². The van der Waals surface area contributed by atoms with E-state index in [9.17, 15) is 4.79 Å². The van der Waals surface area contributed by atoms with Crippen LogP contribution in [0.2, 0.25) is 0 Å². The van der Waals surface area contributed by atoms with Gasteiger partial charge in [-0.2, -0.15) is 0 Å². The zero-order valence-electron chi connectivity index (χ0n) is 8.51. The van der Waals surface area contributed by atoms with Crippen molar-refractivity contribution < 1.29 is 4.79 Å². The highest BCUT2D eigenvalue weighted by Gasteiger charge is 2.30. The fourth-order valence-corrected chi connectivity index (χ4v) is 2.09. The summed E-state index contributed by atoms with van der Waals surface area (Å²) in [6.45, 7) is 0. The van der Waals surface area contributed by atoms with Crippen LogP contribution >= 0.6 is 0 Å². The standard InChI is InChI=1S/C11H5N5O/c17-10-5-2-1-3-12-8(5)9-6(10)4-7-11(13-9)15-16-14-7/h1-4H,(H,13,14,15,16). The highest BCUT2D eigenvalue weighted by atomic mass is 16.1. The van der Waals surface area contributed by atoms with Crippen molar-refractivity contribution in [3.8, 4) is 22.9 Å². The van der Waals surface area contributed by atoms with E-state index in [1.54, 1.807) is 24.4 Å². The molecule has 6 nitrogen and oxygen atoms in total. The average Bonchev–Trinajstić information content (AvgIpc) is 2.92. The van der Waals surface area contributed by atoms with Crippen molar-refractivity contribution in [2.45, 2.75) is 0 Å². The number of aromatic amines is 1. The summed E-state index contributed by atoms with van der Waals surface area (Å²) >= 11 is 0. The Morgan fingerprint density at radius 2 is 2.12 bits per heavy atom. The van der Waals surface area contributed by atoms with Crippen molar-refractivity contribution >= 4 is 5.78 Å². The number of fused-ring (bicyclic) bond motifs is 4. The molecule has 17 heavy (non-hydrogen) atoms. The van der Waals surface area contributed by atoms with Crippen LogP contribution in [0.15, 0.2) is 24.4 Å². The predicted octanol–water partition coefficient (Wildman–Crippen LogP) is 0.911. The Labute approximate surface area is 95.1 Å². The van der Waals surface area contributed by atoms with E-state index in [0.29, 0.717) is 34.0 Å². The molecule has 0 atom stereocenters. The second-order valence-electron chi connectivity index (χ2n) is 3.81. The fourth-order valence-electron chi connectivity index (χ4n) is 2.09. The number of hydrogen-bond acceptors (Lipinski definition) is 5. The predicted molar refractivity (Wildman–Crippen MR) is 57.5 cm³/mol. The summed E-state index contributed by atoms with van der Waals surface area (Å²) in [6.07, 6.45) is 1.66. The molecule has 4 rings (SSSR count). The molecule has 0 spiro atoms. The number of nitrogens with one attached hydrogen (secondary N) is 1. The van der Waals surface area contributed by atoms with Gasteiger partial charge in [0.15, 0.2) is 11.6 Å². The van der Waals surface area contributed by atoms with Gasteiger partial charge in [-0.3, -0.25) is 9.78 Å². The number of nitrogens with zero attached hydrogens (tertiary/aromatic N) is 4. The van der Waals surface area contributed by atoms with Crippen LogP contribution in [0.3, 0.4) is 0 Å². The van der Waals surface area contributed by atoms with E-state index in [4.69, 9.17) is 0 Å². The maximum Gasteiger partial charge on any atom is 0.197 e.